The van der Waals surface area contributed by atoms with Crippen molar-refractivity contribution in [3.63, 3.8) is 0 Å². The largest absolute Gasteiger partial charge is 0.354 e. The van der Waals surface area contributed by atoms with Gasteiger partial charge in [0.05, 0.1) is 12.2 Å². The minimum absolute atomic E-state index is 1.11. The molecule has 2 heterocycles. The number of aromatic amines is 1. The van der Waals surface area contributed by atoms with Gasteiger partial charge in [-0.05, 0) is 18.6 Å². The Labute approximate surface area is 125 Å². The van der Waals surface area contributed by atoms with Crippen LogP contribution in [0.2, 0.25) is 0 Å². The van der Waals surface area contributed by atoms with Crippen molar-refractivity contribution in [1.29, 1.82) is 0 Å². The van der Waals surface area contributed by atoms with Gasteiger partial charge in [0.2, 0.25) is 0 Å². The predicted molar refractivity (Wildman–Crippen MR) is 86.4 cm³/mol. The molecule has 4 rings (SSSR count). The normalized spacial score (nSPS) is 17.9. The van der Waals surface area contributed by atoms with E-state index in [0.717, 1.165) is 13.1 Å². The summed E-state index contributed by atoms with van der Waals surface area (Å²) in [6.07, 6.45) is 1.18. The third-order valence-electron chi connectivity index (χ3n) is 4.59. The summed E-state index contributed by atoms with van der Waals surface area (Å²) in [5.74, 6) is 0. The van der Waals surface area contributed by atoms with Crippen molar-refractivity contribution in [2.75, 3.05) is 6.54 Å². The van der Waals surface area contributed by atoms with Crippen molar-refractivity contribution in [2.45, 2.75) is 26.4 Å². The Bertz CT molecular complexity index is 785. The average molecular weight is 277 g/mol. The van der Waals surface area contributed by atoms with Gasteiger partial charge in [0, 0.05) is 22.9 Å². The van der Waals surface area contributed by atoms with E-state index in [1.165, 1.54) is 40.7 Å². The zero-order chi connectivity index (χ0) is 14.2. The van der Waals surface area contributed by atoms with Crippen LogP contribution >= 0.6 is 0 Å². The fourth-order valence-corrected chi connectivity index (χ4v) is 3.59. The summed E-state index contributed by atoms with van der Waals surface area (Å²) >= 11 is 0. The first-order valence-corrected chi connectivity index (χ1v) is 7.77. The van der Waals surface area contributed by atoms with Crippen LogP contribution in [-0.4, -0.2) is 11.5 Å². The lowest BCUT2D eigenvalue weighted by Crippen LogP contribution is -3.10. The molecule has 0 saturated carbocycles. The molecule has 0 saturated heterocycles. The number of benzene rings is 2. The van der Waals surface area contributed by atoms with E-state index >= 15 is 0 Å². The summed E-state index contributed by atoms with van der Waals surface area (Å²) in [6, 6.07) is 17.6. The fraction of sp³-hybridized carbons (Fsp3) is 0.263. The number of aryl methyl sites for hydroxylation is 1. The lowest BCUT2D eigenvalue weighted by molar-refractivity contribution is -0.929. The van der Waals surface area contributed by atoms with Gasteiger partial charge in [0.25, 0.3) is 0 Å². The van der Waals surface area contributed by atoms with Crippen LogP contribution in [0.15, 0.2) is 48.5 Å². The summed E-state index contributed by atoms with van der Waals surface area (Å²) in [5.41, 5.74) is 7.07. The van der Waals surface area contributed by atoms with Gasteiger partial charge in [-0.15, -0.1) is 0 Å². The molecule has 2 N–H and O–H groups in total. The van der Waals surface area contributed by atoms with Crippen molar-refractivity contribution in [2.24, 2.45) is 0 Å². The van der Waals surface area contributed by atoms with Gasteiger partial charge in [-0.25, -0.2) is 0 Å². The smallest absolute Gasteiger partial charge is 0.118 e. The molecule has 0 spiro atoms. The van der Waals surface area contributed by atoms with Gasteiger partial charge in [0.15, 0.2) is 0 Å². The molecule has 21 heavy (non-hydrogen) atoms. The molecule has 0 fully saturated rings. The molecule has 2 nitrogen and oxygen atoms in total. The zero-order valence-electron chi connectivity index (χ0n) is 12.4. The first-order chi connectivity index (χ1) is 10.3. The molecule has 1 aliphatic heterocycles. The van der Waals surface area contributed by atoms with Crippen LogP contribution in [0.3, 0.4) is 0 Å². The summed E-state index contributed by atoms with van der Waals surface area (Å²) in [5, 5.41) is 1.42. The number of hydrogen-bond acceptors (Lipinski definition) is 0. The number of quaternary nitrogens is 1. The number of rotatable bonds is 2. The van der Waals surface area contributed by atoms with Gasteiger partial charge >= 0.3 is 0 Å². The lowest BCUT2D eigenvalue weighted by atomic mass is 10.0. The highest BCUT2D eigenvalue weighted by Crippen LogP contribution is 2.23. The molecule has 106 valence electrons. The Kier molecular flexibility index (Phi) is 3.04. The molecule has 0 aliphatic carbocycles. The van der Waals surface area contributed by atoms with Crippen LogP contribution < -0.4 is 4.90 Å². The van der Waals surface area contributed by atoms with Crippen molar-refractivity contribution < 1.29 is 4.90 Å². The Balaban J connectivity index is 1.59. The Hall–Kier alpha value is -2.06. The summed E-state index contributed by atoms with van der Waals surface area (Å²) < 4.78 is 0. The van der Waals surface area contributed by atoms with Crippen molar-refractivity contribution in [3.05, 3.63) is 70.9 Å². The topological polar surface area (TPSA) is 20.2 Å². The lowest BCUT2D eigenvalue weighted by Gasteiger charge is -2.24. The van der Waals surface area contributed by atoms with Crippen LogP contribution in [0, 0.1) is 6.92 Å². The number of aromatic nitrogens is 1. The highest BCUT2D eigenvalue weighted by Gasteiger charge is 2.23. The zero-order valence-corrected chi connectivity index (χ0v) is 12.4. The predicted octanol–water partition coefficient (Wildman–Crippen LogP) is 2.62. The van der Waals surface area contributed by atoms with Gasteiger partial charge in [-0.3, -0.25) is 0 Å². The van der Waals surface area contributed by atoms with Gasteiger partial charge in [0.1, 0.15) is 13.1 Å². The van der Waals surface area contributed by atoms with E-state index in [4.69, 9.17) is 0 Å². The molecule has 3 aromatic rings. The van der Waals surface area contributed by atoms with E-state index in [2.05, 4.69) is 60.4 Å². The van der Waals surface area contributed by atoms with Crippen LogP contribution in [0.25, 0.3) is 10.9 Å². The minimum Gasteiger partial charge on any atom is -0.354 e. The second kappa shape index (κ2) is 5.05. The summed E-state index contributed by atoms with van der Waals surface area (Å²) in [4.78, 5) is 5.27. The number of H-pyrrole nitrogens is 1. The highest BCUT2D eigenvalue weighted by molar-refractivity contribution is 5.84. The average Bonchev–Trinajstić information content (AvgIpc) is 2.85. The number of fused-ring (bicyclic) bond motifs is 3. The first kappa shape index (κ1) is 12.7. The van der Waals surface area contributed by atoms with Crippen LogP contribution in [-0.2, 0) is 19.5 Å². The van der Waals surface area contributed by atoms with E-state index in [1.807, 2.05) is 0 Å². The maximum absolute atomic E-state index is 3.62. The molecule has 1 aliphatic rings. The molecule has 2 heteroatoms. The molecule has 1 aromatic heterocycles. The molecular weight excluding hydrogens is 256 g/mol. The van der Waals surface area contributed by atoms with Gasteiger partial charge in [-0.2, -0.15) is 0 Å². The van der Waals surface area contributed by atoms with Crippen molar-refractivity contribution in [3.8, 4) is 0 Å². The molecule has 0 amide bonds. The Morgan fingerprint density at radius 2 is 2.00 bits per heavy atom. The number of hydrogen-bond donors (Lipinski definition) is 2. The van der Waals surface area contributed by atoms with Crippen LogP contribution in [0.4, 0.5) is 0 Å². The van der Waals surface area contributed by atoms with E-state index in [-0.39, 0.29) is 0 Å². The second-order valence-electron chi connectivity index (χ2n) is 6.22. The van der Waals surface area contributed by atoms with Gasteiger partial charge < -0.3 is 9.88 Å². The summed E-state index contributed by atoms with van der Waals surface area (Å²) in [7, 11) is 0. The maximum Gasteiger partial charge on any atom is 0.118 e. The molecule has 1 unspecified atom stereocenters. The molecule has 1 atom stereocenters. The Morgan fingerprint density at radius 1 is 1.10 bits per heavy atom. The van der Waals surface area contributed by atoms with Gasteiger partial charge in [-0.1, -0.05) is 48.0 Å². The van der Waals surface area contributed by atoms with Crippen LogP contribution in [0.1, 0.15) is 22.4 Å². The van der Waals surface area contributed by atoms with E-state index in [1.54, 1.807) is 10.5 Å². The fourth-order valence-electron chi connectivity index (χ4n) is 3.59. The standard InChI is InChI=1S/C19H20N2/c1-14-5-4-6-15(11-14)12-21-10-9-17-16-7-2-3-8-18(16)20-19(17)13-21/h2-8,11,20H,9-10,12-13H2,1H3/p+1. The van der Waals surface area contributed by atoms with Crippen molar-refractivity contribution >= 4 is 10.9 Å². The van der Waals surface area contributed by atoms with E-state index < -0.39 is 0 Å². The SMILES string of the molecule is Cc1cccc(C[NH+]2CCc3c([nH]c4ccccc34)C2)c1. The molecule has 0 radical (unpaired) electrons. The first-order valence-electron chi connectivity index (χ1n) is 7.77. The quantitative estimate of drug-likeness (QED) is 0.718. The number of para-hydroxylation sites is 1. The molecular formula is C19H21N2+. The van der Waals surface area contributed by atoms with E-state index in [9.17, 15) is 0 Å². The third-order valence-corrected chi connectivity index (χ3v) is 4.59. The second-order valence-corrected chi connectivity index (χ2v) is 6.22. The monoisotopic (exact) mass is 277 g/mol. The third kappa shape index (κ3) is 2.36. The maximum atomic E-state index is 3.62. The molecule has 2 aromatic carbocycles. The van der Waals surface area contributed by atoms with Crippen LogP contribution in [0.5, 0.6) is 0 Å². The van der Waals surface area contributed by atoms with E-state index in [0.29, 0.717) is 0 Å². The Morgan fingerprint density at radius 3 is 2.90 bits per heavy atom. The summed E-state index contributed by atoms with van der Waals surface area (Å²) in [6.45, 7) is 5.63. The highest BCUT2D eigenvalue weighted by atomic mass is 15.1. The number of nitrogens with one attached hydrogen (secondary N) is 2. The minimum atomic E-state index is 1.11. The molecule has 0 bridgehead atoms. The van der Waals surface area contributed by atoms with Crippen molar-refractivity contribution in [1.82, 2.24) is 4.98 Å².